The van der Waals surface area contributed by atoms with Crippen molar-refractivity contribution in [3.8, 4) is 0 Å². The average Bonchev–Trinajstić information content (AvgIpc) is 2.60. The van der Waals surface area contributed by atoms with Gasteiger partial charge in [0.2, 0.25) is 0 Å². The van der Waals surface area contributed by atoms with E-state index >= 15 is 0 Å². The zero-order valence-corrected chi connectivity index (χ0v) is 12.6. The summed E-state index contributed by atoms with van der Waals surface area (Å²) < 4.78 is 4.63. The van der Waals surface area contributed by atoms with Crippen molar-refractivity contribution in [3.05, 3.63) is 60.3 Å². The maximum atomic E-state index is 11.7. The first kappa shape index (κ1) is 16.2. The first-order valence-electron chi connectivity index (χ1n) is 6.82. The van der Waals surface area contributed by atoms with Gasteiger partial charge in [0, 0.05) is 12.2 Å². The summed E-state index contributed by atoms with van der Waals surface area (Å²) in [6, 6.07) is 9.93. The molecule has 0 aliphatic rings. The third-order valence-electron chi connectivity index (χ3n) is 2.88. The number of nitrogens with one attached hydrogen (secondary N) is 2. The lowest BCUT2D eigenvalue weighted by atomic mass is 10.2. The van der Waals surface area contributed by atoms with Crippen LogP contribution in [0.4, 0.5) is 11.5 Å². The summed E-state index contributed by atoms with van der Waals surface area (Å²) in [7, 11) is 1.33. The van der Waals surface area contributed by atoms with E-state index in [1.165, 1.54) is 7.11 Å². The van der Waals surface area contributed by atoms with Crippen LogP contribution in [0, 0.1) is 0 Å². The molecule has 1 heterocycles. The number of hydrogen-bond donors (Lipinski definition) is 2. The molecule has 1 aromatic heterocycles. The molecule has 23 heavy (non-hydrogen) atoms. The third-order valence-corrected chi connectivity index (χ3v) is 2.88. The van der Waals surface area contributed by atoms with E-state index in [0.29, 0.717) is 17.9 Å². The van der Waals surface area contributed by atoms with Gasteiger partial charge in [-0.2, -0.15) is 0 Å². The Morgan fingerprint density at radius 3 is 2.48 bits per heavy atom. The lowest BCUT2D eigenvalue weighted by Gasteiger charge is -2.06. The van der Waals surface area contributed by atoms with Crippen LogP contribution in [0.15, 0.2) is 49.1 Å². The van der Waals surface area contributed by atoms with Gasteiger partial charge in [-0.1, -0.05) is 6.08 Å². The number of amides is 1. The highest BCUT2D eigenvalue weighted by molar-refractivity contribution is 5.92. The highest BCUT2D eigenvalue weighted by atomic mass is 16.5. The molecule has 118 valence electrons. The molecular formula is C16H16N4O3. The van der Waals surface area contributed by atoms with E-state index in [0.717, 1.165) is 5.69 Å². The van der Waals surface area contributed by atoms with Crippen molar-refractivity contribution in [2.75, 3.05) is 19.0 Å². The molecular weight excluding hydrogens is 296 g/mol. The van der Waals surface area contributed by atoms with Crippen molar-refractivity contribution in [1.29, 1.82) is 0 Å². The van der Waals surface area contributed by atoms with Crippen LogP contribution in [0.25, 0.3) is 0 Å². The van der Waals surface area contributed by atoms with Gasteiger partial charge in [0.05, 0.1) is 12.7 Å². The third kappa shape index (κ3) is 4.37. The topological polar surface area (TPSA) is 93.2 Å². The van der Waals surface area contributed by atoms with Crippen molar-refractivity contribution < 1.29 is 14.3 Å². The fourth-order valence-corrected chi connectivity index (χ4v) is 1.73. The Kier molecular flexibility index (Phi) is 5.40. The molecule has 0 bridgehead atoms. The molecule has 2 rings (SSSR count). The van der Waals surface area contributed by atoms with Crippen LogP contribution in [0.1, 0.15) is 20.8 Å². The van der Waals surface area contributed by atoms with Crippen molar-refractivity contribution >= 4 is 23.4 Å². The van der Waals surface area contributed by atoms with Crippen LogP contribution in [-0.2, 0) is 4.74 Å². The van der Waals surface area contributed by atoms with E-state index in [1.54, 1.807) is 42.5 Å². The van der Waals surface area contributed by atoms with Gasteiger partial charge in [-0.05, 0) is 36.4 Å². The highest BCUT2D eigenvalue weighted by Gasteiger charge is 2.08. The van der Waals surface area contributed by atoms with E-state index in [1.807, 2.05) is 0 Å². The van der Waals surface area contributed by atoms with E-state index in [-0.39, 0.29) is 11.6 Å². The summed E-state index contributed by atoms with van der Waals surface area (Å²) in [5.74, 6) is -0.228. The Labute approximate surface area is 133 Å². The van der Waals surface area contributed by atoms with Gasteiger partial charge in [0.15, 0.2) is 11.5 Å². The number of nitrogens with zero attached hydrogens (tertiary/aromatic N) is 2. The molecule has 0 saturated carbocycles. The second-order valence-electron chi connectivity index (χ2n) is 4.50. The van der Waals surface area contributed by atoms with Crippen LogP contribution in [-0.4, -0.2) is 35.7 Å². The lowest BCUT2D eigenvalue weighted by molar-refractivity contribution is 0.0600. The fraction of sp³-hybridized carbons (Fsp3) is 0.125. The normalized spacial score (nSPS) is 9.78. The molecule has 7 nitrogen and oxygen atoms in total. The Hall–Kier alpha value is -3.22. The summed E-state index contributed by atoms with van der Waals surface area (Å²) in [5, 5.41) is 13.4. The van der Waals surface area contributed by atoms with E-state index < -0.39 is 5.97 Å². The monoisotopic (exact) mass is 312 g/mol. The maximum absolute atomic E-state index is 11.7. The predicted octanol–water partition coefficient (Wildman–Crippen LogP) is 1.92. The first-order chi connectivity index (χ1) is 11.1. The summed E-state index contributed by atoms with van der Waals surface area (Å²) in [5.41, 5.74) is 1.41. The van der Waals surface area contributed by atoms with Crippen LogP contribution in [0.3, 0.4) is 0 Å². The second kappa shape index (κ2) is 7.69. The van der Waals surface area contributed by atoms with E-state index in [9.17, 15) is 9.59 Å². The zero-order chi connectivity index (χ0) is 16.7. The molecule has 1 amide bonds. The molecule has 2 aromatic rings. The predicted molar refractivity (Wildman–Crippen MR) is 85.6 cm³/mol. The number of carbonyl (C=O) groups is 2. The zero-order valence-electron chi connectivity index (χ0n) is 12.6. The van der Waals surface area contributed by atoms with Crippen LogP contribution < -0.4 is 10.6 Å². The van der Waals surface area contributed by atoms with E-state index in [2.05, 4.69) is 32.1 Å². The van der Waals surface area contributed by atoms with E-state index in [4.69, 9.17) is 0 Å². The molecule has 7 heteroatoms. The molecule has 0 unspecified atom stereocenters. The molecule has 1 aromatic carbocycles. The average molecular weight is 312 g/mol. The number of esters is 1. The number of aromatic nitrogens is 2. The Morgan fingerprint density at radius 2 is 1.91 bits per heavy atom. The molecule has 0 fully saturated rings. The van der Waals surface area contributed by atoms with Gasteiger partial charge < -0.3 is 15.4 Å². The Bertz CT molecular complexity index is 696. The maximum Gasteiger partial charge on any atom is 0.337 e. The van der Waals surface area contributed by atoms with Gasteiger partial charge in [0.25, 0.3) is 5.91 Å². The van der Waals surface area contributed by atoms with Crippen LogP contribution in [0.5, 0.6) is 0 Å². The minimum Gasteiger partial charge on any atom is -0.465 e. The van der Waals surface area contributed by atoms with Crippen molar-refractivity contribution in [2.24, 2.45) is 0 Å². The SMILES string of the molecule is C=CCNC(=O)c1ccc(Nc2ccc(C(=O)OC)cc2)nn1. The van der Waals surface area contributed by atoms with Crippen LogP contribution >= 0.6 is 0 Å². The molecule has 0 aliphatic heterocycles. The number of rotatable bonds is 6. The Morgan fingerprint density at radius 1 is 1.17 bits per heavy atom. The number of hydrogen-bond acceptors (Lipinski definition) is 6. The van der Waals surface area contributed by atoms with Crippen LogP contribution in [0.2, 0.25) is 0 Å². The minimum atomic E-state index is -0.397. The molecule has 0 radical (unpaired) electrons. The largest absolute Gasteiger partial charge is 0.465 e. The summed E-state index contributed by atoms with van der Waals surface area (Å²) in [6.45, 7) is 3.89. The van der Waals surface area contributed by atoms with Gasteiger partial charge in [0.1, 0.15) is 0 Å². The van der Waals surface area contributed by atoms with Crippen molar-refractivity contribution in [2.45, 2.75) is 0 Å². The molecule has 0 aliphatic carbocycles. The minimum absolute atomic E-state index is 0.221. The number of benzene rings is 1. The van der Waals surface area contributed by atoms with Gasteiger partial charge in [-0.15, -0.1) is 16.8 Å². The standard InChI is InChI=1S/C16H16N4O3/c1-3-10-17-15(21)13-8-9-14(20-19-13)18-12-6-4-11(5-7-12)16(22)23-2/h3-9H,1,10H2,2H3,(H,17,21)(H,18,20). The second-order valence-corrected chi connectivity index (χ2v) is 4.50. The summed E-state index contributed by atoms with van der Waals surface area (Å²) in [4.78, 5) is 23.0. The highest BCUT2D eigenvalue weighted by Crippen LogP contribution is 2.15. The number of anilines is 2. The number of carbonyl (C=O) groups excluding carboxylic acids is 2. The van der Waals surface area contributed by atoms with Gasteiger partial charge in [-0.25, -0.2) is 4.79 Å². The van der Waals surface area contributed by atoms with Crippen molar-refractivity contribution in [1.82, 2.24) is 15.5 Å². The molecule has 0 spiro atoms. The quantitative estimate of drug-likeness (QED) is 0.625. The molecule has 2 N–H and O–H groups in total. The van der Waals surface area contributed by atoms with Gasteiger partial charge >= 0.3 is 5.97 Å². The molecule has 0 saturated heterocycles. The molecule has 0 atom stereocenters. The van der Waals surface area contributed by atoms with Gasteiger partial charge in [-0.3, -0.25) is 4.79 Å². The summed E-state index contributed by atoms with van der Waals surface area (Å²) in [6.07, 6.45) is 1.58. The fourth-order valence-electron chi connectivity index (χ4n) is 1.73. The number of ether oxygens (including phenoxy) is 1. The van der Waals surface area contributed by atoms with Crippen molar-refractivity contribution in [3.63, 3.8) is 0 Å². The Balaban J connectivity index is 2.02. The first-order valence-corrected chi connectivity index (χ1v) is 6.82. The number of methoxy groups -OCH3 is 1. The smallest absolute Gasteiger partial charge is 0.337 e. The summed E-state index contributed by atoms with van der Waals surface area (Å²) >= 11 is 0. The lowest BCUT2D eigenvalue weighted by Crippen LogP contribution is -2.24.